The highest BCUT2D eigenvalue weighted by molar-refractivity contribution is 7.80. The van der Waals surface area contributed by atoms with Gasteiger partial charge in [-0.25, -0.2) is 4.79 Å². The third kappa shape index (κ3) is 6.19. The number of hydrogen-bond donors (Lipinski definition) is 6. The van der Waals surface area contributed by atoms with Crippen molar-refractivity contribution in [3.8, 4) is 0 Å². The smallest absolute Gasteiger partial charge is 0.326 e. The van der Waals surface area contributed by atoms with E-state index >= 15 is 0 Å². The fraction of sp³-hybridized carbons (Fsp3) is 0.643. The number of aliphatic carboxylic acids is 2. The minimum Gasteiger partial charge on any atom is -0.481 e. The zero-order chi connectivity index (χ0) is 19.9. The van der Waals surface area contributed by atoms with Gasteiger partial charge in [0.25, 0.3) is 0 Å². The van der Waals surface area contributed by atoms with Gasteiger partial charge in [-0.05, 0) is 12.8 Å². The summed E-state index contributed by atoms with van der Waals surface area (Å²) in [6.07, 6.45) is 0.164. The molecular formula is C14H22N4O7S. The molecule has 1 heterocycles. The van der Waals surface area contributed by atoms with Gasteiger partial charge in [0.1, 0.15) is 12.1 Å². The molecule has 0 radical (unpaired) electrons. The molecule has 11 nitrogen and oxygen atoms in total. The van der Waals surface area contributed by atoms with E-state index in [1.54, 1.807) is 0 Å². The lowest BCUT2D eigenvalue weighted by molar-refractivity contribution is -0.148. The lowest BCUT2D eigenvalue weighted by atomic mass is 10.1. The summed E-state index contributed by atoms with van der Waals surface area (Å²) in [6, 6.07) is -3.39. The number of amides is 3. The molecule has 1 rings (SSSR count). The number of nitrogens with two attached hydrogens (primary N) is 1. The van der Waals surface area contributed by atoms with Crippen molar-refractivity contribution >= 4 is 42.3 Å². The molecule has 0 aromatic rings. The van der Waals surface area contributed by atoms with Crippen LogP contribution < -0.4 is 16.4 Å². The molecule has 0 spiro atoms. The maximum atomic E-state index is 12.1. The Labute approximate surface area is 154 Å². The summed E-state index contributed by atoms with van der Waals surface area (Å²) in [4.78, 5) is 59.1. The lowest BCUT2D eigenvalue weighted by Crippen LogP contribution is -2.54. The summed E-state index contributed by atoms with van der Waals surface area (Å²) in [5.41, 5.74) is 5.46. The first-order valence-corrected chi connectivity index (χ1v) is 8.49. The van der Waals surface area contributed by atoms with Gasteiger partial charge in [0, 0.05) is 12.3 Å². The molecule has 1 aliphatic heterocycles. The number of carbonyl (C=O) groups excluding carboxylic acids is 3. The molecule has 3 amide bonds. The molecule has 0 saturated carbocycles. The molecular weight excluding hydrogens is 368 g/mol. The Morgan fingerprint density at radius 3 is 2.38 bits per heavy atom. The van der Waals surface area contributed by atoms with Gasteiger partial charge in [0.05, 0.1) is 19.0 Å². The fourth-order valence-corrected chi connectivity index (χ4v) is 2.62. The maximum Gasteiger partial charge on any atom is 0.326 e. The first-order chi connectivity index (χ1) is 12.2. The quantitative estimate of drug-likeness (QED) is 0.232. The van der Waals surface area contributed by atoms with E-state index in [1.165, 1.54) is 0 Å². The van der Waals surface area contributed by atoms with Crippen LogP contribution in [0.4, 0.5) is 0 Å². The van der Waals surface area contributed by atoms with Gasteiger partial charge in [-0.15, -0.1) is 0 Å². The van der Waals surface area contributed by atoms with Crippen LogP contribution in [0.1, 0.15) is 19.3 Å². The van der Waals surface area contributed by atoms with Crippen molar-refractivity contribution in [2.75, 3.05) is 18.8 Å². The van der Waals surface area contributed by atoms with Crippen molar-refractivity contribution in [3.05, 3.63) is 0 Å². The Morgan fingerprint density at radius 1 is 1.19 bits per heavy atom. The molecule has 1 saturated heterocycles. The number of thiol groups is 1. The van der Waals surface area contributed by atoms with E-state index < -0.39 is 60.8 Å². The van der Waals surface area contributed by atoms with E-state index in [2.05, 4.69) is 23.3 Å². The Bertz CT molecular complexity index is 586. The van der Waals surface area contributed by atoms with Crippen molar-refractivity contribution in [1.82, 2.24) is 15.5 Å². The van der Waals surface area contributed by atoms with Crippen LogP contribution in [0.5, 0.6) is 0 Å². The number of nitrogens with zero attached hydrogens (tertiary/aromatic N) is 1. The number of nitrogens with one attached hydrogen (secondary N) is 2. The van der Waals surface area contributed by atoms with Crippen LogP contribution >= 0.6 is 12.6 Å². The van der Waals surface area contributed by atoms with E-state index in [0.717, 1.165) is 4.90 Å². The number of carboxylic acid groups (broad SMARTS) is 2. The Morgan fingerprint density at radius 2 is 1.85 bits per heavy atom. The molecule has 12 heteroatoms. The number of rotatable bonds is 9. The lowest BCUT2D eigenvalue weighted by Gasteiger charge is -2.23. The van der Waals surface area contributed by atoms with Gasteiger partial charge >= 0.3 is 11.9 Å². The SMILES string of the molecule is NC(CS)C(=O)NC(CC(=O)O)C(=O)NCC(=O)N1CCCC1C(=O)O. The van der Waals surface area contributed by atoms with Gasteiger partial charge in [0.15, 0.2) is 0 Å². The molecule has 3 unspecified atom stereocenters. The van der Waals surface area contributed by atoms with Crippen LogP contribution in [0.25, 0.3) is 0 Å². The van der Waals surface area contributed by atoms with Crippen LogP contribution in [-0.2, 0) is 24.0 Å². The molecule has 26 heavy (non-hydrogen) atoms. The second kappa shape index (κ2) is 9.97. The van der Waals surface area contributed by atoms with Gasteiger partial charge < -0.3 is 31.5 Å². The zero-order valence-corrected chi connectivity index (χ0v) is 14.8. The summed E-state index contributed by atoms with van der Waals surface area (Å²) < 4.78 is 0. The molecule has 146 valence electrons. The summed E-state index contributed by atoms with van der Waals surface area (Å²) in [7, 11) is 0. The van der Waals surface area contributed by atoms with E-state index in [4.69, 9.17) is 15.9 Å². The average molecular weight is 390 g/mol. The minimum atomic E-state index is -1.42. The van der Waals surface area contributed by atoms with Crippen molar-refractivity contribution in [1.29, 1.82) is 0 Å². The number of carbonyl (C=O) groups is 5. The average Bonchev–Trinajstić information content (AvgIpc) is 3.07. The third-order valence-corrected chi connectivity index (χ3v) is 4.21. The van der Waals surface area contributed by atoms with Crippen LogP contribution in [0.3, 0.4) is 0 Å². The minimum absolute atomic E-state index is 0.00271. The van der Waals surface area contributed by atoms with E-state index in [9.17, 15) is 24.0 Å². The Balaban J connectivity index is 2.65. The van der Waals surface area contributed by atoms with Crippen LogP contribution in [0.15, 0.2) is 0 Å². The molecule has 1 fully saturated rings. The zero-order valence-electron chi connectivity index (χ0n) is 13.9. The van der Waals surface area contributed by atoms with Crippen molar-refractivity contribution in [2.24, 2.45) is 5.73 Å². The first-order valence-electron chi connectivity index (χ1n) is 7.86. The number of likely N-dealkylation sites (tertiary alicyclic amines) is 1. The molecule has 0 aromatic carbocycles. The van der Waals surface area contributed by atoms with E-state index in [-0.39, 0.29) is 12.3 Å². The van der Waals surface area contributed by atoms with Gasteiger partial charge in [-0.3, -0.25) is 19.2 Å². The largest absolute Gasteiger partial charge is 0.481 e. The second-order valence-corrected chi connectivity index (χ2v) is 6.11. The normalized spacial score (nSPS) is 18.7. The van der Waals surface area contributed by atoms with Gasteiger partial charge in [-0.1, -0.05) is 0 Å². The molecule has 0 aromatic heterocycles. The summed E-state index contributed by atoms with van der Waals surface area (Å²) >= 11 is 3.84. The standard InChI is InChI=1S/C14H22N4O7S/c15-7(6-26)12(22)17-8(4-11(20)21)13(23)16-5-10(19)18-3-1-2-9(18)14(24)25/h7-9,26H,1-6,15H2,(H,16,23)(H,17,22)(H,20,21)(H,24,25). The fourth-order valence-electron chi connectivity index (χ4n) is 2.45. The third-order valence-electron chi connectivity index (χ3n) is 3.82. The van der Waals surface area contributed by atoms with Crippen LogP contribution in [0.2, 0.25) is 0 Å². The highest BCUT2D eigenvalue weighted by Crippen LogP contribution is 2.17. The maximum absolute atomic E-state index is 12.1. The molecule has 1 aliphatic rings. The number of hydrogen-bond acceptors (Lipinski definition) is 7. The van der Waals surface area contributed by atoms with Crippen molar-refractivity contribution in [2.45, 2.75) is 37.4 Å². The Kier molecular flexibility index (Phi) is 8.32. The summed E-state index contributed by atoms with van der Waals surface area (Å²) in [5, 5.41) is 22.3. The number of carboxylic acids is 2. The van der Waals surface area contributed by atoms with Crippen molar-refractivity contribution < 1.29 is 34.2 Å². The van der Waals surface area contributed by atoms with Crippen LogP contribution in [-0.4, -0.2) is 81.7 Å². The van der Waals surface area contributed by atoms with E-state index in [0.29, 0.717) is 12.8 Å². The first kappa shape index (κ1) is 21.7. The monoisotopic (exact) mass is 390 g/mol. The van der Waals surface area contributed by atoms with Crippen molar-refractivity contribution in [3.63, 3.8) is 0 Å². The molecule has 6 N–H and O–H groups in total. The van der Waals surface area contributed by atoms with Crippen LogP contribution in [0, 0.1) is 0 Å². The summed E-state index contributed by atoms with van der Waals surface area (Å²) in [5.74, 6) is -4.70. The molecule has 0 bridgehead atoms. The topological polar surface area (TPSA) is 179 Å². The highest BCUT2D eigenvalue weighted by Gasteiger charge is 2.34. The second-order valence-electron chi connectivity index (χ2n) is 5.75. The molecule has 3 atom stereocenters. The summed E-state index contributed by atoms with van der Waals surface area (Å²) in [6.45, 7) is -0.245. The Hall–Kier alpha value is -2.34. The molecule has 0 aliphatic carbocycles. The van der Waals surface area contributed by atoms with E-state index in [1.807, 2.05) is 0 Å². The van der Waals surface area contributed by atoms with Gasteiger partial charge in [-0.2, -0.15) is 12.6 Å². The highest BCUT2D eigenvalue weighted by atomic mass is 32.1. The predicted molar refractivity (Wildman–Crippen MR) is 91.4 cm³/mol. The van der Waals surface area contributed by atoms with Gasteiger partial charge in [0.2, 0.25) is 17.7 Å². The predicted octanol–water partition coefficient (Wildman–Crippen LogP) is -2.61.